The molecule has 0 saturated carbocycles. The van der Waals surface area contributed by atoms with Crippen molar-refractivity contribution in [2.75, 3.05) is 0 Å². The van der Waals surface area contributed by atoms with Crippen molar-refractivity contribution >= 4 is 5.97 Å². The maximum Gasteiger partial charge on any atom is 0.310 e. The van der Waals surface area contributed by atoms with Crippen LogP contribution in [-0.4, -0.2) is 32.5 Å². The highest BCUT2D eigenvalue weighted by molar-refractivity contribution is 5.73. The molecule has 3 aromatic carbocycles. The van der Waals surface area contributed by atoms with Crippen molar-refractivity contribution in [2.24, 2.45) is 0 Å². The number of esters is 1. The first-order valence-corrected chi connectivity index (χ1v) is 9.37. The van der Waals surface area contributed by atoms with Gasteiger partial charge >= 0.3 is 5.97 Å². The van der Waals surface area contributed by atoms with Crippen LogP contribution in [0.3, 0.4) is 0 Å². The van der Waals surface area contributed by atoms with Gasteiger partial charge in [0.2, 0.25) is 0 Å². The second kappa shape index (κ2) is 7.87. The van der Waals surface area contributed by atoms with E-state index < -0.39 is 18.2 Å². The number of fused-ring (bicyclic) bond motifs is 1. The van der Waals surface area contributed by atoms with Crippen LogP contribution in [0.1, 0.15) is 22.8 Å². The molecule has 0 bridgehead atoms. The third kappa shape index (κ3) is 3.96. The Bertz CT molecular complexity index is 1080. The standard InChI is InChI=1S/C23H20O7/c24-15-10-18(26)16-12-21(29-22(28)8-13-4-2-1-3-5-13)23(30-20(16)11-15)14-6-7-17(25)19(27)9-14/h1-7,9-11,21,23-27H,8,12H2. The molecule has 1 heterocycles. The number of ether oxygens (including phenoxy) is 2. The lowest BCUT2D eigenvalue weighted by Gasteiger charge is -2.34. The number of hydrogen-bond donors (Lipinski definition) is 4. The Hall–Kier alpha value is -3.87. The number of carbonyl (C=O) groups is 1. The molecule has 3 aromatic rings. The molecule has 0 amide bonds. The zero-order valence-corrected chi connectivity index (χ0v) is 15.9. The summed E-state index contributed by atoms with van der Waals surface area (Å²) in [6, 6.07) is 15.9. The van der Waals surface area contributed by atoms with Crippen LogP contribution in [0.15, 0.2) is 60.7 Å². The van der Waals surface area contributed by atoms with Crippen molar-refractivity contribution < 1.29 is 34.7 Å². The topological polar surface area (TPSA) is 116 Å². The van der Waals surface area contributed by atoms with Crippen molar-refractivity contribution in [1.82, 2.24) is 0 Å². The molecule has 0 aromatic heterocycles. The van der Waals surface area contributed by atoms with E-state index in [1.807, 2.05) is 30.3 Å². The molecule has 0 spiro atoms. The average Bonchev–Trinajstić information content (AvgIpc) is 2.71. The van der Waals surface area contributed by atoms with E-state index in [0.29, 0.717) is 11.1 Å². The normalized spacial score (nSPS) is 17.6. The van der Waals surface area contributed by atoms with E-state index >= 15 is 0 Å². The Morgan fingerprint density at radius 3 is 2.43 bits per heavy atom. The van der Waals surface area contributed by atoms with Crippen LogP contribution in [-0.2, 0) is 22.4 Å². The minimum atomic E-state index is -0.815. The molecule has 154 valence electrons. The average molecular weight is 408 g/mol. The summed E-state index contributed by atoms with van der Waals surface area (Å²) in [6.07, 6.45) is -1.40. The summed E-state index contributed by atoms with van der Waals surface area (Å²) in [6.45, 7) is 0. The fraction of sp³-hybridized carbons (Fsp3) is 0.174. The van der Waals surface area contributed by atoms with Gasteiger partial charge in [-0.3, -0.25) is 4.79 Å². The summed E-state index contributed by atoms with van der Waals surface area (Å²) >= 11 is 0. The van der Waals surface area contributed by atoms with Gasteiger partial charge in [-0.25, -0.2) is 0 Å². The van der Waals surface area contributed by atoms with Gasteiger partial charge in [0.15, 0.2) is 17.6 Å². The van der Waals surface area contributed by atoms with Crippen molar-refractivity contribution in [2.45, 2.75) is 25.0 Å². The molecule has 4 N–H and O–H groups in total. The van der Waals surface area contributed by atoms with Gasteiger partial charge in [0, 0.05) is 29.7 Å². The maximum absolute atomic E-state index is 12.6. The van der Waals surface area contributed by atoms with Gasteiger partial charge in [0.1, 0.15) is 23.4 Å². The smallest absolute Gasteiger partial charge is 0.310 e. The lowest BCUT2D eigenvalue weighted by Crippen LogP contribution is -2.35. The second-order valence-electron chi connectivity index (χ2n) is 7.12. The number of phenolic OH excluding ortho intramolecular Hbond substituents is 4. The van der Waals surface area contributed by atoms with Crippen LogP contribution in [0.25, 0.3) is 0 Å². The molecule has 2 atom stereocenters. The third-order valence-corrected chi connectivity index (χ3v) is 4.97. The van der Waals surface area contributed by atoms with Crippen molar-refractivity contribution in [3.8, 4) is 28.7 Å². The van der Waals surface area contributed by atoms with E-state index in [4.69, 9.17) is 9.47 Å². The van der Waals surface area contributed by atoms with Crippen LogP contribution in [0.2, 0.25) is 0 Å². The maximum atomic E-state index is 12.6. The summed E-state index contributed by atoms with van der Waals surface area (Å²) in [5.74, 6) is -1.18. The Labute approximate surface area is 172 Å². The van der Waals surface area contributed by atoms with Crippen LogP contribution < -0.4 is 4.74 Å². The first-order valence-electron chi connectivity index (χ1n) is 9.37. The fourth-order valence-corrected chi connectivity index (χ4v) is 3.52. The number of carbonyl (C=O) groups excluding carboxylic acids is 1. The Kier molecular flexibility index (Phi) is 5.10. The highest BCUT2D eigenvalue weighted by Crippen LogP contribution is 2.43. The number of phenols is 4. The zero-order valence-electron chi connectivity index (χ0n) is 15.9. The Morgan fingerprint density at radius 1 is 0.933 bits per heavy atom. The molecular formula is C23H20O7. The second-order valence-corrected chi connectivity index (χ2v) is 7.12. The predicted molar refractivity (Wildman–Crippen MR) is 107 cm³/mol. The predicted octanol–water partition coefficient (Wildman–Crippen LogP) is 3.34. The monoisotopic (exact) mass is 408 g/mol. The van der Waals surface area contributed by atoms with E-state index in [-0.39, 0.29) is 41.6 Å². The van der Waals surface area contributed by atoms with Gasteiger partial charge in [0.05, 0.1) is 6.42 Å². The van der Waals surface area contributed by atoms with E-state index in [1.54, 1.807) is 6.07 Å². The van der Waals surface area contributed by atoms with Gasteiger partial charge in [-0.05, 0) is 17.7 Å². The first kappa shape index (κ1) is 19.4. The SMILES string of the molecule is O=C(Cc1ccccc1)OC1Cc2c(O)cc(O)cc2OC1c1ccc(O)c(O)c1. The Morgan fingerprint density at radius 2 is 1.70 bits per heavy atom. The fourth-order valence-electron chi connectivity index (χ4n) is 3.52. The summed E-state index contributed by atoms with van der Waals surface area (Å²) in [4.78, 5) is 12.6. The number of rotatable bonds is 4. The summed E-state index contributed by atoms with van der Waals surface area (Å²) in [7, 11) is 0. The number of benzene rings is 3. The molecule has 0 fully saturated rings. The molecule has 7 nitrogen and oxygen atoms in total. The van der Waals surface area contributed by atoms with Crippen molar-refractivity contribution in [3.05, 3.63) is 77.4 Å². The van der Waals surface area contributed by atoms with Crippen LogP contribution >= 0.6 is 0 Å². The van der Waals surface area contributed by atoms with E-state index in [0.717, 1.165) is 5.56 Å². The van der Waals surface area contributed by atoms with Gasteiger partial charge in [0.25, 0.3) is 0 Å². The van der Waals surface area contributed by atoms with E-state index in [2.05, 4.69) is 0 Å². The van der Waals surface area contributed by atoms with E-state index in [9.17, 15) is 25.2 Å². The molecule has 7 heteroatoms. The molecule has 0 aliphatic carbocycles. The lowest BCUT2D eigenvalue weighted by atomic mass is 9.93. The molecular weight excluding hydrogens is 388 g/mol. The first-order chi connectivity index (χ1) is 14.4. The lowest BCUT2D eigenvalue weighted by molar-refractivity contribution is -0.154. The van der Waals surface area contributed by atoms with Gasteiger partial charge in [-0.15, -0.1) is 0 Å². The largest absolute Gasteiger partial charge is 0.508 e. The van der Waals surface area contributed by atoms with Crippen molar-refractivity contribution in [3.63, 3.8) is 0 Å². The van der Waals surface area contributed by atoms with E-state index in [1.165, 1.54) is 24.3 Å². The summed E-state index contributed by atoms with van der Waals surface area (Å²) in [5, 5.41) is 39.5. The number of hydrogen-bond acceptors (Lipinski definition) is 7. The molecule has 30 heavy (non-hydrogen) atoms. The molecule has 0 saturated heterocycles. The quantitative estimate of drug-likeness (QED) is 0.386. The van der Waals surface area contributed by atoms with Gasteiger partial charge in [-0.1, -0.05) is 36.4 Å². The number of aromatic hydroxyl groups is 4. The summed E-state index contributed by atoms with van der Waals surface area (Å²) < 4.78 is 11.6. The minimum absolute atomic E-state index is 0.0688. The molecule has 1 aliphatic rings. The van der Waals surface area contributed by atoms with Gasteiger partial charge < -0.3 is 29.9 Å². The van der Waals surface area contributed by atoms with Crippen LogP contribution in [0.5, 0.6) is 28.7 Å². The molecule has 0 radical (unpaired) electrons. The molecule has 1 aliphatic heterocycles. The Balaban J connectivity index is 1.65. The minimum Gasteiger partial charge on any atom is -0.508 e. The molecule has 2 unspecified atom stereocenters. The van der Waals surface area contributed by atoms with Crippen LogP contribution in [0, 0.1) is 0 Å². The van der Waals surface area contributed by atoms with Crippen LogP contribution in [0.4, 0.5) is 0 Å². The molecule has 4 rings (SSSR count). The summed E-state index contributed by atoms with van der Waals surface area (Å²) in [5.41, 5.74) is 1.67. The highest BCUT2D eigenvalue weighted by atomic mass is 16.6. The third-order valence-electron chi connectivity index (χ3n) is 4.97. The van der Waals surface area contributed by atoms with Gasteiger partial charge in [-0.2, -0.15) is 0 Å². The highest BCUT2D eigenvalue weighted by Gasteiger charge is 2.36. The zero-order chi connectivity index (χ0) is 21.3. The van der Waals surface area contributed by atoms with Crippen molar-refractivity contribution in [1.29, 1.82) is 0 Å².